The number of carbonyl (C=O) groups excluding carboxylic acids is 4. The zero-order chi connectivity index (χ0) is 44.7. The normalized spacial score (nSPS) is 31.0. The lowest BCUT2D eigenvalue weighted by Gasteiger charge is -2.59. The number of benzene rings is 3. The fourth-order valence-electron chi connectivity index (χ4n) is 13.3. The van der Waals surface area contributed by atoms with Crippen molar-refractivity contribution in [3.63, 3.8) is 0 Å². The molecule has 8 rings (SSSR count). The Balaban J connectivity index is 1.28. The van der Waals surface area contributed by atoms with Gasteiger partial charge in [-0.3, -0.25) is 39.6 Å². The van der Waals surface area contributed by atoms with Crippen LogP contribution in [0.15, 0.2) is 72.8 Å². The fourth-order valence-corrected chi connectivity index (χ4v) is 13.3. The lowest BCUT2D eigenvalue weighted by atomic mass is 9.54. The number of carbonyl (C=O) groups is 6. The Morgan fingerprint density at radius 2 is 1.02 bits per heavy atom. The molecule has 0 saturated carbocycles. The molecule has 4 unspecified atom stereocenters. The fraction of sp³-hybridized carbons (Fsp3) is 0.478. The van der Waals surface area contributed by atoms with Crippen LogP contribution >= 0.6 is 0 Å². The number of rotatable bonds is 9. The van der Waals surface area contributed by atoms with Crippen molar-refractivity contribution in [2.75, 3.05) is 18.0 Å². The average Bonchev–Trinajstić information content (AvgIpc) is 3.95. The van der Waals surface area contributed by atoms with E-state index in [1.54, 1.807) is 88.4 Å². The van der Waals surface area contributed by atoms with Crippen LogP contribution in [0.5, 0.6) is 0 Å². The Morgan fingerprint density at radius 3 is 1.39 bits per heavy atom. The van der Waals surface area contributed by atoms with E-state index in [4.69, 9.17) is 11.5 Å². The van der Waals surface area contributed by atoms with Crippen LogP contribution in [0.4, 0.5) is 19.7 Å². The minimum absolute atomic E-state index is 0.359. The van der Waals surface area contributed by atoms with Crippen LogP contribution in [0.1, 0.15) is 100 Å². The number of likely N-dealkylation sites (tertiary alicyclic amines) is 2. The molecular formula is C46H54FN7O8. The maximum atomic E-state index is 14.9. The topological polar surface area (TPSA) is 229 Å². The third-order valence-electron chi connectivity index (χ3n) is 15.2. The monoisotopic (exact) mass is 851 g/mol. The Hall–Kier alpha value is -5.87. The second-order valence-corrected chi connectivity index (χ2v) is 18.7. The highest BCUT2D eigenvalue weighted by molar-refractivity contribution is 6.01. The quantitative estimate of drug-likeness (QED) is 0.173. The SMILES string of the molecule is CC1(C)C(C(N)=O)c2cccc(c2)[C@@]1(C(=O)NC(=O)O)N1CCCC1[C@@H]1CC[C@@H](C2CCCN2[C@]2(C(=O)NC(=O)O)c3cccc(c3)C(C(N)=O)C2(C)C)N1c1ccc(F)cc1. The van der Waals surface area contributed by atoms with Crippen LogP contribution in [0.2, 0.25) is 0 Å². The van der Waals surface area contributed by atoms with Gasteiger partial charge in [-0.2, -0.15) is 0 Å². The van der Waals surface area contributed by atoms with Crippen molar-refractivity contribution >= 4 is 41.5 Å². The molecule has 0 radical (unpaired) electrons. The number of hydrogen-bond acceptors (Lipinski definition) is 9. The minimum Gasteiger partial charge on any atom is -0.465 e. The molecule has 6 amide bonds. The van der Waals surface area contributed by atoms with E-state index in [1.165, 1.54) is 12.1 Å². The van der Waals surface area contributed by atoms with Gasteiger partial charge < -0.3 is 26.6 Å². The van der Waals surface area contributed by atoms with E-state index in [2.05, 4.69) is 25.3 Å². The minimum atomic E-state index is -1.69. The molecular weight excluding hydrogens is 798 g/mol. The Morgan fingerprint density at radius 1 is 0.613 bits per heavy atom. The van der Waals surface area contributed by atoms with Crippen LogP contribution in [-0.2, 0) is 30.3 Å². The van der Waals surface area contributed by atoms with Gasteiger partial charge >= 0.3 is 12.2 Å². The first-order valence-corrected chi connectivity index (χ1v) is 21.3. The van der Waals surface area contributed by atoms with Crippen molar-refractivity contribution in [1.29, 1.82) is 0 Å². The molecule has 8 atom stereocenters. The smallest absolute Gasteiger partial charge is 0.411 e. The summed E-state index contributed by atoms with van der Waals surface area (Å²) >= 11 is 0. The molecule has 3 saturated heterocycles. The summed E-state index contributed by atoms with van der Waals surface area (Å²) in [5, 5.41) is 24.4. The van der Waals surface area contributed by atoms with E-state index in [0.29, 0.717) is 79.6 Å². The van der Waals surface area contributed by atoms with Gasteiger partial charge in [-0.15, -0.1) is 0 Å². The molecule has 15 nitrogen and oxygen atoms in total. The predicted molar refractivity (Wildman–Crippen MR) is 225 cm³/mol. The molecule has 2 aliphatic carbocycles. The Kier molecular flexibility index (Phi) is 10.5. The van der Waals surface area contributed by atoms with Crippen LogP contribution in [0.3, 0.4) is 0 Å². The summed E-state index contributed by atoms with van der Waals surface area (Å²) in [5.74, 6) is -5.25. The molecule has 62 heavy (non-hydrogen) atoms. The number of carboxylic acid groups (broad SMARTS) is 2. The standard InChI is InChI=1S/C46H54FN7O8/c1-43(2)35(37(48)55)25-9-5-11-27(23-25)45(43,39(57)50-41(59)60)52-21-7-13-31(52)33-19-20-34(54(33)30-17-15-29(47)16-18-30)32-14-8-22-53(32)46(40(58)51-42(61)62)28-12-6-10-26(24-28)36(38(49)56)44(46,3)4/h5-6,9-12,15-18,23-24,31-36H,7-8,13-14,19-22H2,1-4H3,(H2,48,55)(H2,49,56)(H,50,57)(H,51,58)(H,59,60)(H,61,62)/t31?,32?,33-,34-,35?,36?,45-,46-/m0/s1. The van der Waals surface area contributed by atoms with Gasteiger partial charge in [-0.1, -0.05) is 76.2 Å². The number of nitrogens with two attached hydrogens (primary N) is 2. The maximum absolute atomic E-state index is 14.9. The van der Waals surface area contributed by atoms with E-state index < -0.39 is 87.5 Å². The lowest BCUT2D eigenvalue weighted by Crippen LogP contribution is -2.71. The molecule has 3 aliphatic heterocycles. The first kappa shape index (κ1) is 42.8. The molecule has 5 aliphatic rings. The van der Waals surface area contributed by atoms with E-state index in [1.807, 2.05) is 0 Å². The van der Waals surface area contributed by atoms with E-state index in [9.17, 15) is 43.4 Å². The van der Waals surface area contributed by atoms with E-state index in [-0.39, 0.29) is 12.1 Å². The number of imide groups is 2. The molecule has 8 N–H and O–H groups in total. The van der Waals surface area contributed by atoms with E-state index >= 15 is 0 Å². The molecule has 3 heterocycles. The van der Waals surface area contributed by atoms with Crippen molar-refractivity contribution < 1.29 is 43.4 Å². The van der Waals surface area contributed by atoms with Crippen LogP contribution in [-0.4, -0.2) is 93.1 Å². The highest BCUT2D eigenvalue weighted by atomic mass is 19.1. The van der Waals surface area contributed by atoms with Gasteiger partial charge in [0, 0.05) is 40.7 Å². The van der Waals surface area contributed by atoms with E-state index in [0.717, 1.165) is 0 Å². The molecule has 4 bridgehead atoms. The molecule has 3 aromatic rings. The van der Waals surface area contributed by atoms with Gasteiger partial charge in [-0.05, 0) is 98.1 Å². The third-order valence-corrected chi connectivity index (χ3v) is 15.2. The zero-order valence-electron chi connectivity index (χ0n) is 35.3. The second kappa shape index (κ2) is 15.2. The van der Waals surface area contributed by atoms with Crippen molar-refractivity contribution in [1.82, 2.24) is 20.4 Å². The van der Waals surface area contributed by atoms with Crippen molar-refractivity contribution in [2.24, 2.45) is 22.3 Å². The van der Waals surface area contributed by atoms with Gasteiger partial charge in [0.15, 0.2) is 0 Å². The number of amides is 6. The highest BCUT2D eigenvalue weighted by Crippen LogP contribution is 2.61. The zero-order valence-corrected chi connectivity index (χ0v) is 35.3. The average molecular weight is 852 g/mol. The number of nitrogens with zero attached hydrogens (tertiary/aromatic N) is 3. The van der Waals surface area contributed by atoms with Gasteiger partial charge in [-0.25, -0.2) is 14.0 Å². The molecule has 328 valence electrons. The summed E-state index contributed by atoms with van der Waals surface area (Å²) in [6, 6.07) is 18.8. The summed E-state index contributed by atoms with van der Waals surface area (Å²) in [6.45, 7) is 7.89. The van der Waals surface area contributed by atoms with Crippen molar-refractivity contribution in [2.45, 2.75) is 113 Å². The number of primary amides is 2. The molecule has 0 spiro atoms. The lowest BCUT2D eigenvalue weighted by molar-refractivity contribution is -0.152. The molecule has 3 fully saturated rings. The predicted octanol–water partition coefficient (Wildman–Crippen LogP) is 4.69. The van der Waals surface area contributed by atoms with Crippen LogP contribution in [0, 0.1) is 16.6 Å². The molecule has 3 aromatic carbocycles. The number of anilines is 1. The van der Waals surface area contributed by atoms with Gasteiger partial charge in [0.2, 0.25) is 11.8 Å². The summed E-state index contributed by atoms with van der Waals surface area (Å²) in [5.41, 5.74) is 9.35. The number of nitrogens with one attached hydrogen (secondary N) is 2. The second-order valence-electron chi connectivity index (χ2n) is 18.7. The summed E-state index contributed by atoms with van der Waals surface area (Å²) in [4.78, 5) is 87.6. The van der Waals surface area contributed by atoms with Crippen molar-refractivity contribution in [3.8, 4) is 0 Å². The largest absolute Gasteiger partial charge is 0.465 e. The highest BCUT2D eigenvalue weighted by Gasteiger charge is 2.68. The summed E-state index contributed by atoms with van der Waals surface area (Å²) < 4.78 is 14.7. The third kappa shape index (κ3) is 6.03. The maximum Gasteiger partial charge on any atom is 0.411 e. The first-order valence-electron chi connectivity index (χ1n) is 21.3. The first-order chi connectivity index (χ1) is 29.3. The number of halogens is 1. The Bertz CT molecular complexity index is 2220. The summed E-state index contributed by atoms with van der Waals surface area (Å²) in [7, 11) is 0. The van der Waals surface area contributed by atoms with Crippen molar-refractivity contribution in [3.05, 3.63) is 101 Å². The van der Waals surface area contributed by atoms with Crippen LogP contribution < -0.4 is 27.0 Å². The Labute approximate surface area is 359 Å². The number of hydrogen-bond donors (Lipinski definition) is 6. The molecule has 16 heteroatoms. The van der Waals surface area contributed by atoms with Gasteiger partial charge in [0.1, 0.15) is 16.9 Å². The number of fused-ring (bicyclic) bond motifs is 4. The summed E-state index contributed by atoms with van der Waals surface area (Å²) in [6.07, 6.45) is 0.515. The van der Waals surface area contributed by atoms with Gasteiger partial charge in [0.25, 0.3) is 11.8 Å². The van der Waals surface area contributed by atoms with Gasteiger partial charge in [0.05, 0.1) is 11.8 Å². The van der Waals surface area contributed by atoms with Crippen LogP contribution in [0.25, 0.3) is 0 Å². The molecule has 0 aromatic heterocycles.